The van der Waals surface area contributed by atoms with Gasteiger partial charge in [-0.05, 0) is 25.0 Å². The molecule has 3 N–H and O–H groups in total. The Balaban J connectivity index is 0.00000196. The maximum absolute atomic E-state index is 13.1. The predicted octanol–water partition coefficient (Wildman–Crippen LogP) is 2.16. The number of hydrogen-bond acceptors (Lipinski definition) is 2. The van der Waals surface area contributed by atoms with Crippen LogP contribution in [0.2, 0.25) is 0 Å². The van der Waals surface area contributed by atoms with Crippen molar-refractivity contribution in [3.63, 3.8) is 0 Å². The molecule has 0 radical (unpaired) electrons. The minimum Gasteiger partial charge on any atom is -0.396 e. The number of aliphatic hydroxyl groups excluding tert-OH is 1. The van der Waals surface area contributed by atoms with Crippen LogP contribution in [0.1, 0.15) is 24.4 Å². The van der Waals surface area contributed by atoms with Crippen molar-refractivity contribution in [2.45, 2.75) is 18.9 Å². The van der Waals surface area contributed by atoms with Gasteiger partial charge in [0.2, 0.25) is 0 Å². The fourth-order valence-electron chi connectivity index (χ4n) is 1.32. The first kappa shape index (κ1) is 14.3. The van der Waals surface area contributed by atoms with E-state index in [2.05, 4.69) is 0 Å². The maximum Gasteiger partial charge on any atom is 0.130 e. The van der Waals surface area contributed by atoms with Crippen LogP contribution in [0, 0.1) is 11.6 Å². The third-order valence-electron chi connectivity index (χ3n) is 2.04. The van der Waals surface area contributed by atoms with Gasteiger partial charge in [-0.25, -0.2) is 8.78 Å². The van der Waals surface area contributed by atoms with E-state index in [4.69, 9.17) is 10.8 Å². The van der Waals surface area contributed by atoms with Gasteiger partial charge in [0, 0.05) is 18.2 Å². The maximum atomic E-state index is 13.1. The van der Waals surface area contributed by atoms with Crippen LogP contribution in [0.5, 0.6) is 0 Å². The molecule has 0 aliphatic carbocycles. The lowest BCUT2D eigenvalue weighted by atomic mass is 10.0. The Hall–Kier alpha value is -0.710. The second-order valence-electron chi connectivity index (χ2n) is 3.11. The average Bonchev–Trinajstić information content (AvgIpc) is 2.14. The van der Waals surface area contributed by atoms with E-state index < -0.39 is 17.7 Å². The molecule has 0 spiro atoms. The largest absolute Gasteiger partial charge is 0.396 e. The average molecular weight is 238 g/mol. The molecule has 0 unspecified atom stereocenters. The highest BCUT2D eigenvalue weighted by molar-refractivity contribution is 5.85. The molecule has 0 heterocycles. The lowest BCUT2D eigenvalue weighted by Gasteiger charge is -2.12. The van der Waals surface area contributed by atoms with Crippen LogP contribution >= 0.6 is 12.4 Å². The second-order valence-corrected chi connectivity index (χ2v) is 3.11. The lowest BCUT2D eigenvalue weighted by molar-refractivity contribution is 0.279. The molecule has 2 nitrogen and oxygen atoms in total. The van der Waals surface area contributed by atoms with Crippen LogP contribution in [-0.2, 0) is 0 Å². The third-order valence-corrected chi connectivity index (χ3v) is 2.04. The first-order chi connectivity index (χ1) is 6.66. The van der Waals surface area contributed by atoms with Crippen molar-refractivity contribution in [2.75, 3.05) is 6.61 Å². The first-order valence-electron chi connectivity index (χ1n) is 4.47. The quantitative estimate of drug-likeness (QED) is 0.843. The molecule has 0 aromatic heterocycles. The molecule has 0 bridgehead atoms. The molecule has 0 saturated heterocycles. The van der Waals surface area contributed by atoms with Crippen molar-refractivity contribution < 1.29 is 13.9 Å². The summed E-state index contributed by atoms with van der Waals surface area (Å²) in [7, 11) is 0. The van der Waals surface area contributed by atoms with E-state index in [0.717, 1.165) is 0 Å². The highest BCUT2D eigenvalue weighted by Gasteiger charge is 2.15. The lowest BCUT2D eigenvalue weighted by Crippen LogP contribution is -2.14. The topological polar surface area (TPSA) is 46.2 Å². The highest BCUT2D eigenvalue weighted by Crippen LogP contribution is 2.21. The molecule has 15 heavy (non-hydrogen) atoms. The van der Waals surface area contributed by atoms with E-state index in [-0.39, 0.29) is 24.6 Å². The van der Waals surface area contributed by atoms with Gasteiger partial charge in [-0.3, -0.25) is 0 Å². The molecular formula is C10H14ClF2NO. The Labute approximate surface area is 93.5 Å². The Morgan fingerprint density at radius 1 is 1.27 bits per heavy atom. The van der Waals surface area contributed by atoms with E-state index in [1.165, 1.54) is 18.2 Å². The molecule has 0 saturated carbocycles. The monoisotopic (exact) mass is 237 g/mol. The first-order valence-corrected chi connectivity index (χ1v) is 4.47. The minimum absolute atomic E-state index is 0. The Bertz CT molecular complexity index is 289. The van der Waals surface area contributed by atoms with Gasteiger partial charge in [-0.15, -0.1) is 12.4 Å². The van der Waals surface area contributed by atoms with Crippen molar-refractivity contribution in [1.29, 1.82) is 0 Å². The SMILES string of the molecule is Cl.N[C@H](CCCO)c1c(F)cccc1F. The summed E-state index contributed by atoms with van der Waals surface area (Å²) in [5, 5.41) is 8.56. The number of nitrogens with two attached hydrogens (primary N) is 1. The number of halogens is 3. The van der Waals surface area contributed by atoms with E-state index >= 15 is 0 Å². The summed E-state index contributed by atoms with van der Waals surface area (Å²) in [4.78, 5) is 0. The minimum atomic E-state index is -0.691. The van der Waals surface area contributed by atoms with Crippen molar-refractivity contribution in [3.05, 3.63) is 35.4 Å². The van der Waals surface area contributed by atoms with Gasteiger partial charge in [-0.2, -0.15) is 0 Å². The van der Waals surface area contributed by atoms with Crippen LogP contribution in [0.25, 0.3) is 0 Å². The van der Waals surface area contributed by atoms with Crippen molar-refractivity contribution in [3.8, 4) is 0 Å². The Kier molecular flexibility index (Phi) is 6.40. The van der Waals surface area contributed by atoms with Gasteiger partial charge < -0.3 is 10.8 Å². The van der Waals surface area contributed by atoms with E-state index in [1.807, 2.05) is 0 Å². The van der Waals surface area contributed by atoms with E-state index in [1.54, 1.807) is 0 Å². The molecule has 0 aliphatic heterocycles. The summed E-state index contributed by atoms with van der Waals surface area (Å²) in [5.74, 6) is -1.26. The number of rotatable bonds is 4. The van der Waals surface area contributed by atoms with Gasteiger partial charge in [0.25, 0.3) is 0 Å². The van der Waals surface area contributed by atoms with Gasteiger partial charge >= 0.3 is 0 Å². The van der Waals surface area contributed by atoms with E-state index in [9.17, 15) is 8.78 Å². The van der Waals surface area contributed by atoms with Crippen LogP contribution < -0.4 is 5.73 Å². The summed E-state index contributed by atoms with van der Waals surface area (Å²) in [6, 6.07) is 2.96. The molecule has 0 fully saturated rings. The zero-order valence-corrected chi connectivity index (χ0v) is 8.94. The highest BCUT2D eigenvalue weighted by atomic mass is 35.5. The standard InChI is InChI=1S/C10H13F2NO.ClH/c11-7-3-1-4-8(12)10(7)9(13)5-2-6-14;/h1,3-4,9,14H,2,5-6,13H2;1H/t9-;/m1./s1. The fraction of sp³-hybridized carbons (Fsp3) is 0.400. The number of aliphatic hydroxyl groups is 1. The van der Waals surface area contributed by atoms with E-state index in [0.29, 0.717) is 12.8 Å². The number of benzene rings is 1. The molecule has 1 aromatic rings. The van der Waals surface area contributed by atoms with Crippen LogP contribution in [0.4, 0.5) is 8.78 Å². The normalized spacial score (nSPS) is 12.0. The molecule has 86 valence electrons. The summed E-state index contributed by atoms with van der Waals surface area (Å²) < 4.78 is 26.3. The third kappa shape index (κ3) is 3.74. The van der Waals surface area contributed by atoms with Gasteiger partial charge in [-0.1, -0.05) is 6.07 Å². The van der Waals surface area contributed by atoms with Crippen LogP contribution in [0.3, 0.4) is 0 Å². The Morgan fingerprint density at radius 2 is 1.80 bits per heavy atom. The molecule has 5 heteroatoms. The summed E-state index contributed by atoms with van der Waals surface area (Å²) >= 11 is 0. The molecule has 1 aromatic carbocycles. The zero-order chi connectivity index (χ0) is 10.6. The van der Waals surface area contributed by atoms with Gasteiger partial charge in [0.15, 0.2) is 0 Å². The Morgan fingerprint density at radius 3 is 2.27 bits per heavy atom. The zero-order valence-electron chi connectivity index (χ0n) is 8.12. The second kappa shape index (κ2) is 6.71. The summed E-state index contributed by atoms with van der Waals surface area (Å²) in [5.41, 5.74) is 5.50. The summed E-state index contributed by atoms with van der Waals surface area (Å²) in [6.45, 7) is -0.0240. The predicted molar refractivity (Wildman–Crippen MR) is 56.9 cm³/mol. The number of hydrogen-bond donors (Lipinski definition) is 2. The van der Waals surface area contributed by atoms with Crippen LogP contribution in [-0.4, -0.2) is 11.7 Å². The molecule has 1 rings (SSSR count). The van der Waals surface area contributed by atoms with Crippen molar-refractivity contribution in [1.82, 2.24) is 0 Å². The van der Waals surface area contributed by atoms with Gasteiger partial charge in [0.05, 0.1) is 0 Å². The summed E-state index contributed by atoms with van der Waals surface area (Å²) in [6.07, 6.45) is 0.809. The molecular weight excluding hydrogens is 224 g/mol. The van der Waals surface area contributed by atoms with Crippen LogP contribution in [0.15, 0.2) is 18.2 Å². The molecule has 0 amide bonds. The fourth-order valence-corrected chi connectivity index (χ4v) is 1.32. The van der Waals surface area contributed by atoms with Crippen molar-refractivity contribution in [2.24, 2.45) is 5.73 Å². The van der Waals surface area contributed by atoms with Crippen molar-refractivity contribution >= 4 is 12.4 Å². The van der Waals surface area contributed by atoms with Gasteiger partial charge in [0.1, 0.15) is 11.6 Å². The molecule has 0 aliphatic rings. The smallest absolute Gasteiger partial charge is 0.130 e. The molecule has 1 atom stereocenters.